The van der Waals surface area contributed by atoms with Gasteiger partial charge in [-0.15, -0.1) is 0 Å². The molecule has 0 unspecified atom stereocenters. The van der Waals surface area contributed by atoms with Crippen LogP contribution in [-0.4, -0.2) is 20.7 Å². The zero-order chi connectivity index (χ0) is 13.8. The molecule has 0 saturated heterocycles. The molecule has 0 aliphatic carbocycles. The van der Waals surface area contributed by atoms with E-state index in [-0.39, 0.29) is 11.9 Å². The monoisotopic (exact) mass is 278 g/mol. The van der Waals surface area contributed by atoms with Crippen molar-refractivity contribution >= 4 is 23.2 Å². The predicted molar refractivity (Wildman–Crippen MR) is 74.2 cm³/mol. The van der Waals surface area contributed by atoms with E-state index in [1.54, 1.807) is 23.1 Å². The van der Waals surface area contributed by atoms with Crippen molar-refractivity contribution in [2.24, 2.45) is 0 Å². The Bertz CT molecular complexity index is 568. The molecule has 1 aromatic carbocycles. The van der Waals surface area contributed by atoms with Crippen LogP contribution >= 0.6 is 11.6 Å². The van der Waals surface area contributed by atoms with Gasteiger partial charge in [0.15, 0.2) is 0 Å². The lowest BCUT2D eigenvalue weighted by atomic mass is 10.2. The topological polar surface area (TPSA) is 59.8 Å². The predicted octanol–water partition coefficient (Wildman–Crippen LogP) is 2.83. The van der Waals surface area contributed by atoms with Crippen molar-refractivity contribution in [3.8, 4) is 0 Å². The molecule has 1 atom stereocenters. The molecule has 0 saturated carbocycles. The van der Waals surface area contributed by atoms with Crippen LogP contribution in [-0.2, 0) is 4.79 Å². The molecular weight excluding hydrogens is 264 g/mol. The van der Waals surface area contributed by atoms with Gasteiger partial charge in [-0.1, -0.05) is 17.7 Å². The number of nitrogens with zero attached hydrogens (tertiary/aromatic N) is 3. The second-order valence-electron chi connectivity index (χ2n) is 4.44. The largest absolute Gasteiger partial charge is 0.326 e. The van der Waals surface area contributed by atoms with Gasteiger partial charge in [0.05, 0.1) is 6.04 Å². The summed E-state index contributed by atoms with van der Waals surface area (Å²) in [5, 5.41) is 7.47. The summed E-state index contributed by atoms with van der Waals surface area (Å²) in [6.45, 7) is 3.84. The molecule has 1 aromatic heterocycles. The van der Waals surface area contributed by atoms with Crippen LogP contribution < -0.4 is 5.32 Å². The SMILES string of the molecule is Cc1ccc(Cl)cc1NC(=O)C[C@@H](C)n1cncn1. The Kier molecular flexibility index (Phi) is 4.16. The van der Waals surface area contributed by atoms with E-state index in [1.807, 2.05) is 19.9 Å². The van der Waals surface area contributed by atoms with Crippen molar-refractivity contribution in [2.45, 2.75) is 26.3 Å². The average Bonchev–Trinajstić information content (AvgIpc) is 2.87. The second kappa shape index (κ2) is 5.84. The molecular formula is C13H15ClN4O. The third kappa shape index (κ3) is 3.54. The summed E-state index contributed by atoms with van der Waals surface area (Å²) < 4.78 is 1.66. The molecule has 6 heteroatoms. The van der Waals surface area contributed by atoms with E-state index in [9.17, 15) is 4.79 Å². The molecule has 1 heterocycles. The number of hydrogen-bond acceptors (Lipinski definition) is 3. The number of carbonyl (C=O) groups is 1. The smallest absolute Gasteiger partial charge is 0.226 e. The number of aryl methyl sites for hydroxylation is 1. The summed E-state index contributed by atoms with van der Waals surface area (Å²) in [7, 11) is 0. The van der Waals surface area contributed by atoms with Gasteiger partial charge in [-0.05, 0) is 31.5 Å². The maximum Gasteiger partial charge on any atom is 0.226 e. The quantitative estimate of drug-likeness (QED) is 0.935. The van der Waals surface area contributed by atoms with E-state index in [4.69, 9.17) is 11.6 Å². The Labute approximate surface area is 116 Å². The Morgan fingerprint density at radius 2 is 2.32 bits per heavy atom. The van der Waals surface area contributed by atoms with E-state index in [0.717, 1.165) is 11.3 Å². The van der Waals surface area contributed by atoms with Crippen LogP contribution in [0.2, 0.25) is 5.02 Å². The number of amides is 1. The van der Waals surface area contributed by atoms with E-state index in [1.165, 1.54) is 6.33 Å². The van der Waals surface area contributed by atoms with Crippen LogP contribution in [0.3, 0.4) is 0 Å². The van der Waals surface area contributed by atoms with Crippen LogP contribution in [0.1, 0.15) is 24.9 Å². The summed E-state index contributed by atoms with van der Waals surface area (Å²) in [5.74, 6) is -0.0756. The number of aromatic nitrogens is 3. The van der Waals surface area contributed by atoms with E-state index < -0.39 is 0 Å². The minimum atomic E-state index is -0.0756. The minimum Gasteiger partial charge on any atom is -0.326 e. The first-order chi connectivity index (χ1) is 9.06. The third-order valence-electron chi connectivity index (χ3n) is 2.84. The number of rotatable bonds is 4. The van der Waals surface area contributed by atoms with Crippen molar-refractivity contribution in [1.82, 2.24) is 14.8 Å². The zero-order valence-electron chi connectivity index (χ0n) is 10.8. The molecule has 2 rings (SSSR count). The number of hydrogen-bond donors (Lipinski definition) is 1. The highest BCUT2D eigenvalue weighted by Crippen LogP contribution is 2.21. The molecule has 0 spiro atoms. The summed E-state index contributed by atoms with van der Waals surface area (Å²) in [6.07, 6.45) is 3.38. The maximum absolute atomic E-state index is 12.0. The molecule has 2 aromatic rings. The summed E-state index contributed by atoms with van der Waals surface area (Å²) in [5.41, 5.74) is 1.72. The van der Waals surface area contributed by atoms with Crippen molar-refractivity contribution in [3.63, 3.8) is 0 Å². The summed E-state index contributed by atoms with van der Waals surface area (Å²) in [6, 6.07) is 5.38. The van der Waals surface area contributed by atoms with E-state index in [2.05, 4.69) is 15.4 Å². The van der Waals surface area contributed by atoms with Crippen molar-refractivity contribution in [3.05, 3.63) is 41.4 Å². The highest BCUT2D eigenvalue weighted by atomic mass is 35.5. The molecule has 0 bridgehead atoms. The fourth-order valence-electron chi connectivity index (χ4n) is 1.74. The first-order valence-electron chi connectivity index (χ1n) is 5.96. The fraction of sp³-hybridized carbons (Fsp3) is 0.308. The molecule has 0 fully saturated rings. The summed E-state index contributed by atoms with van der Waals surface area (Å²) in [4.78, 5) is 15.8. The molecule has 5 nitrogen and oxygen atoms in total. The number of carbonyl (C=O) groups excluding carboxylic acids is 1. The molecule has 1 N–H and O–H groups in total. The first kappa shape index (κ1) is 13.5. The number of benzene rings is 1. The van der Waals surface area contributed by atoms with E-state index >= 15 is 0 Å². The molecule has 100 valence electrons. The van der Waals surface area contributed by atoms with Gasteiger partial charge in [0, 0.05) is 17.1 Å². The Morgan fingerprint density at radius 3 is 3.00 bits per heavy atom. The number of halogens is 1. The van der Waals surface area contributed by atoms with Crippen LogP contribution in [0.25, 0.3) is 0 Å². The van der Waals surface area contributed by atoms with Gasteiger partial charge in [0.1, 0.15) is 12.7 Å². The summed E-state index contributed by atoms with van der Waals surface area (Å²) >= 11 is 5.91. The Morgan fingerprint density at radius 1 is 1.53 bits per heavy atom. The van der Waals surface area contributed by atoms with E-state index in [0.29, 0.717) is 11.4 Å². The van der Waals surface area contributed by atoms with Gasteiger partial charge in [0.25, 0.3) is 0 Å². The van der Waals surface area contributed by atoms with Crippen LogP contribution in [0.5, 0.6) is 0 Å². The lowest BCUT2D eigenvalue weighted by Crippen LogP contribution is -2.18. The van der Waals surface area contributed by atoms with Crippen LogP contribution in [0.4, 0.5) is 5.69 Å². The lowest BCUT2D eigenvalue weighted by molar-refractivity contribution is -0.116. The normalized spacial score (nSPS) is 12.2. The first-order valence-corrected chi connectivity index (χ1v) is 6.34. The van der Waals surface area contributed by atoms with Gasteiger partial charge >= 0.3 is 0 Å². The Hall–Kier alpha value is -1.88. The molecule has 0 aliphatic heterocycles. The van der Waals surface area contributed by atoms with Crippen molar-refractivity contribution in [1.29, 1.82) is 0 Å². The standard InChI is InChI=1S/C13H15ClN4O/c1-9-3-4-11(14)6-12(9)17-13(19)5-10(2)18-8-15-7-16-18/h3-4,6-8,10H,5H2,1-2H3,(H,17,19)/t10-/m1/s1. The van der Waals surface area contributed by atoms with Crippen LogP contribution in [0, 0.1) is 6.92 Å². The molecule has 0 radical (unpaired) electrons. The highest BCUT2D eigenvalue weighted by Gasteiger charge is 2.12. The van der Waals surface area contributed by atoms with Gasteiger partial charge in [-0.3, -0.25) is 4.79 Å². The van der Waals surface area contributed by atoms with Gasteiger partial charge in [-0.25, -0.2) is 9.67 Å². The van der Waals surface area contributed by atoms with Gasteiger partial charge in [-0.2, -0.15) is 5.10 Å². The van der Waals surface area contributed by atoms with Crippen molar-refractivity contribution < 1.29 is 4.79 Å². The molecule has 0 aliphatic rings. The fourth-order valence-corrected chi connectivity index (χ4v) is 1.91. The van der Waals surface area contributed by atoms with Crippen molar-refractivity contribution in [2.75, 3.05) is 5.32 Å². The third-order valence-corrected chi connectivity index (χ3v) is 3.08. The highest BCUT2D eigenvalue weighted by molar-refractivity contribution is 6.31. The molecule has 19 heavy (non-hydrogen) atoms. The van der Waals surface area contributed by atoms with Crippen LogP contribution in [0.15, 0.2) is 30.9 Å². The van der Waals surface area contributed by atoms with Gasteiger partial charge < -0.3 is 5.32 Å². The molecule has 1 amide bonds. The minimum absolute atomic E-state index is 0.0398. The zero-order valence-corrected chi connectivity index (χ0v) is 11.6. The number of anilines is 1. The van der Waals surface area contributed by atoms with Gasteiger partial charge in [0.2, 0.25) is 5.91 Å². The maximum atomic E-state index is 12.0. The second-order valence-corrected chi connectivity index (χ2v) is 4.87. The average molecular weight is 279 g/mol. The number of nitrogens with one attached hydrogen (secondary N) is 1. The lowest BCUT2D eigenvalue weighted by Gasteiger charge is -2.13. The Balaban J connectivity index is 1.99.